The maximum absolute atomic E-state index is 12.0. The summed E-state index contributed by atoms with van der Waals surface area (Å²) >= 11 is 0. The van der Waals surface area contributed by atoms with E-state index in [-0.39, 0.29) is 50.1 Å². The van der Waals surface area contributed by atoms with Gasteiger partial charge in [-0.25, -0.2) is 14.4 Å². The van der Waals surface area contributed by atoms with Crippen molar-refractivity contribution in [3.05, 3.63) is 10.4 Å². The number of β-amino-alcohol motifs (C(OH)–C–C–N with tert-alkyl or cyclic N) is 1. The first kappa shape index (κ1) is 49.5. The predicted molar refractivity (Wildman–Crippen MR) is 202 cm³/mol. The molecular weight excluding hydrogens is 736 g/mol. The molecule has 0 bridgehead atoms. The summed E-state index contributed by atoms with van der Waals surface area (Å²) in [4.78, 5) is 77.6. The number of aliphatic hydroxyl groups is 1. The number of methoxy groups -OCH3 is 3. The Kier molecular flexibility index (Phi) is 19.2. The Hall–Kier alpha value is -4.51. The summed E-state index contributed by atoms with van der Waals surface area (Å²) in [6, 6.07) is -0.453. The molecule has 3 rings (SSSR count). The number of piperidine rings is 3. The van der Waals surface area contributed by atoms with Crippen molar-refractivity contribution in [3.8, 4) is 0 Å². The minimum Gasteiger partial charge on any atom is -0.469 e. The molecule has 3 fully saturated rings. The molecule has 0 aromatic carbocycles. The smallest absolute Gasteiger partial charge is 0.410 e. The Morgan fingerprint density at radius 2 is 0.911 bits per heavy atom. The molecular formula is C37H64N6O13. The maximum atomic E-state index is 12.0. The highest BCUT2D eigenvalue weighted by molar-refractivity contribution is 5.76. The fourth-order valence-electron chi connectivity index (χ4n) is 6.09. The van der Waals surface area contributed by atoms with Crippen molar-refractivity contribution in [2.45, 2.75) is 117 Å². The fourth-order valence-corrected chi connectivity index (χ4v) is 6.09. The van der Waals surface area contributed by atoms with Crippen LogP contribution >= 0.6 is 0 Å². The van der Waals surface area contributed by atoms with Crippen molar-refractivity contribution >= 4 is 36.2 Å². The number of aliphatic hydroxyl groups excluding tert-OH is 1. The van der Waals surface area contributed by atoms with Crippen LogP contribution in [0.5, 0.6) is 0 Å². The molecule has 3 amide bonds. The van der Waals surface area contributed by atoms with Crippen LogP contribution in [0.25, 0.3) is 10.4 Å². The zero-order chi connectivity index (χ0) is 43.2. The third-order valence-corrected chi connectivity index (χ3v) is 8.29. The molecule has 0 spiro atoms. The zero-order valence-electron chi connectivity index (χ0n) is 35.4. The minimum absolute atomic E-state index is 0.183. The molecule has 3 heterocycles. The molecule has 3 aliphatic rings. The molecule has 0 saturated carbocycles. The number of hydrogen-bond donors (Lipinski definition) is 1. The van der Waals surface area contributed by atoms with E-state index >= 15 is 0 Å². The van der Waals surface area contributed by atoms with Gasteiger partial charge in [0, 0.05) is 44.2 Å². The minimum atomic E-state index is -0.727. The Bertz CT molecular complexity index is 1340. The number of esters is 3. The molecule has 56 heavy (non-hydrogen) atoms. The average Bonchev–Trinajstić information content (AvgIpc) is 3.08. The van der Waals surface area contributed by atoms with E-state index in [9.17, 15) is 33.9 Å². The number of carbonyl (C=O) groups is 6. The van der Waals surface area contributed by atoms with Crippen LogP contribution in [0.3, 0.4) is 0 Å². The van der Waals surface area contributed by atoms with Gasteiger partial charge in [-0.15, -0.1) is 0 Å². The standard InChI is InChI=1S/C13H23NO4.C12H20N4O4.C12H21NO5/c1-9-6-10(11(15)17-5)8-14(7-9)12(16)18-13(2,3)4;1-12(2,3)20-11(18)16-6-8(10(17)19-4)5-9(7-16)14-15-13;1-12(2,3)18-11(16)13-6-8(10(15)17-4)5-9(14)7-13/h9-10H,6-8H2,1-5H3;8-9H,5-7H2,1-4H3;8-9,14H,5-7H2,1-4H3/t9-,10+;8-,9-;8-,9+/m011/s1. The largest absolute Gasteiger partial charge is 0.469 e. The van der Waals surface area contributed by atoms with Crippen LogP contribution in [0.1, 0.15) is 88.5 Å². The van der Waals surface area contributed by atoms with E-state index in [0.717, 1.165) is 6.42 Å². The van der Waals surface area contributed by atoms with Gasteiger partial charge in [0.05, 0.1) is 51.2 Å². The number of hydrogen-bond acceptors (Lipinski definition) is 14. The second kappa shape index (κ2) is 21.7. The summed E-state index contributed by atoms with van der Waals surface area (Å²) < 4.78 is 29.9. The van der Waals surface area contributed by atoms with E-state index in [1.165, 1.54) is 31.1 Å². The van der Waals surface area contributed by atoms with Crippen molar-refractivity contribution in [2.24, 2.45) is 28.8 Å². The number of amides is 3. The van der Waals surface area contributed by atoms with Crippen molar-refractivity contribution in [1.82, 2.24) is 14.7 Å². The van der Waals surface area contributed by atoms with Gasteiger partial charge in [-0.3, -0.25) is 14.4 Å². The first-order chi connectivity index (χ1) is 25.7. The molecule has 0 radical (unpaired) electrons. The van der Waals surface area contributed by atoms with Crippen molar-refractivity contribution in [1.29, 1.82) is 0 Å². The molecule has 320 valence electrons. The Morgan fingerprint density at radius 1 is 0.571 bits per heavy atom. The van der Waals surface area contributed by atoms with Crippen molar-refractivity contribution < 1.29 is 62.3 Å². The van der Waals surface area contributed by atoms with Gasteiger partial charge in [-0.05, 0) is 93.0 Å². The molecule has 0 aliphatic carbocycles. The monoisotopic (exact) mass is 800 g/mol. The highest BCUT2D eigenvalue weighted by Crippen LogP contribution is 2.25. The highest BCUT2D eigenvalue weighted by Gasteiger charge is 2.38. The summed E-state index contributed by atoms with van der Waals surface area (Å²) in [7, 11) is 3.96. The van der Waals surface area contributed by atoms with Gasteiger partial charge in [0.25, 0.3) is 0 Å². The Balaban J connectivity index is 0.000000421. The van der Waals surface area contributed by atoms with E-state index < -0.39 is 64.9 Å². The zero-order valence-corrected chi connectivity index (χ0v) is 35.4. The fraction of sp³-hybridized carbons (Fsp3) is 0.838. The third kappa shape index (κ3) is 18.4. The average molecular weight is 801 g/mol. The Morgan fingerprint density at radius 3 is 1.27 bits per heavy atom. The first-order valence-corrected chi connectivity index (χ1v) is 18.6. The van der Waals surface area contributed by atoms with Crippen LogP contribution in [0, 0.1) is 23.7 Å². The first-order valence-electron chi connectivity index (χ1n) is 18.6. The molecule has 6 atom stereocenters. The molecule has 19 nitrogen and oxygen atoms in total. The number of ether oxygens (including phenoxy) is 6. The summed E-state index contributed by atoms with van der Waals surface area (Å²) in [6.07, 6.45) is -0.689. The predicted octanol–water partition coefficient (Wildman–Crippen LogP) is 4.93. The summed E-state index contributed by atoms with van der Waals surface area (Å²) in [5, 5.41) is 13.3. The van der Waals surface area contributed by atoms with E-state index in [4.69, 9.17) is 29.2 Å². The van der Waals surface area contributed by atoms with Crippen molar-refractivity contribution in [3.63, 3.8) is 0 Å². The maximum Gasteiger partial charge on any atom is 0.410 e. The van der Waals surface area contributed by atoms with Crippen LogP contribution in [0.4, 0.5) is 14.4 Å². The lowest BCUT2D eigenvalue weighted by molar-refractivity contribution is -0.149. The summed E-state index contributed by atoms with van der Waals surface area (Å²) in [6.45, 7) is 20.0. The molecule has 0 unspecified atom stereocenters. The van der Waals surface area contributed by atoms with Crippen LogP contribution in [0.15, 0.2) is 5.11 Å². The lowest BCUT2D eigenvalue weighted by atomic mass is 9.91. The number of carbonyl (C=O) groups excluding carboxylic acids is 6. The molecule has 1 N–H and O–H groups in total. The van der Waals surface area contributed by atoms with Gasteiger partial charge < -0.3 is 48.2 Å². The van der Waals surface area contributed by atoms with Gasteiger partial charge in [-0.2, -0.15) is 0 Å². The van der Waals surface area contributed by atoms with E-state index in [1.807, 2.05) is 27.7 Å². The SMILES string of the molecule is COC(=O)[C@@H]1C[C@@H](N=[N+]=[N-])CN(C(=O)OC(C)(C)C)C1.COC(=O)[C@@H]1C[C@H](C)CN(C(=O)OC(C)(C)C)C1.COC(=O)[C@@H]1C[C@H](O)CN(C(=O)OC(C)(C)C)C1. The second-order valence-electron chi connectivity index (χ2n) is 17.1. The number of rotatable bonds is 4. The number of nitrogens with zero attached hydrogens (tertiary/aromatic N) is 6. The lowest BCUT2D eigenvalue weighted by Crippen LogP contribution is -2.49. The van der Waals surface area contributed by atoms with E-state index in [2.05, 4.69) is 14.8 Å². The van der Waals surface area contributed by atoms with E-state index in [1.54, 1.807) is 46.4 Å². The molecule has 3 aliphatic heterocycles. The molecule has 3 saturated heterocycles. The second-order valence-corrected chi connectivity index (χ2v) is 17.1. The van der Waals surface area contributed by atoms with Gasteiger partial charge in [0.15, 0.2) is 0 Å². The van der Waals surface area contributed by atoms with Gasteiger partial charge in [0.2, 0.25) is 0 Å². The van der Waals surface area contributed by atoms with Crippen LogP contribution in [-0.2, 0) is 42.8 Å². The number of azide groups is 1. The quantitative estimate of drug-likeness (QED) is 0.131. The molecule has 0 aromatic rings. The molecule has 19 heteroatoms. The number of likely N-dealkylation sites (tertiary alicyclic amines) is 3. The molecule has 0 aromatic heterocycles. The van der Waals surface area contributed by atoms with Gasteiger partial charge in [-0.1, -0.05) is 12.0 Å². The highest BCUT2D eigenvalue weighted by atomic mass is 16.6. The normalized spacial score (nSPS) is 23.9. The van der Waals surface area contributed by atoms with Crippen LogP contribution < -0.4 is 0 Å². The summed E-state index contributed by atoms with van der Waals surface area (Å²) in [5.74, 6) is -2.06. The Labute approximate surface area is 330 Å². The van der Waals surface area contributed by atoms with Gasteiger partial charge >= 0.3 is 36.2 Å². The van der Waals surface area contributed by atoms with Crippen LogP contribution in [-0.4, -0.2) is 146 Å². The van der Waals surface area contributed by atoms with Crippen molar-refractivity contribution in [2.75, 3.05) is 60.6 Å². The third-order valence-electron chi connectivity index (χ3n) is 8.29. The van der Waals surface area contributed by atoms with Crippen LogP contribution in [0.2, 0.25) is 0 Å². The topological polar surface area (TPSA) is 237 Å². The summed E-state index contributed by atoms with van der Waals surface area (Å²) in [5.41, 5.74) is 6.79. The van der Waals surface area contributed by atoms with E-state index in [0.29, 0.717) is 25.9 Å². The van der Waals surface area contributed by atoms with Gasteiger partial charge in [0.1, 0.15) is 16.8 Å². The lowest BCUT2D eigenvalue weighted by Gasteiger charge is -2.36.